The third-order valence-corrected chi connectivity index (χ3v) is 7.72. The summed E-state index contributed by atoms with van der Waals surface area (Å²) < 4.78 is 0. The van der Waals surface area contributed by atoms with Gasteiger partial charge >= 0.3 is 0 Å². The van der Waals surface area contributed by atoms with E-state index in [-0.39, 0.29) is 11.2 Å². The largest absolute Gasteiger partial charge is 0.508 e. The SMILES string of the molecule is C[C@H]1CCC[C@@H]2[C@]1(C)CC[C@H](C)[C@@]2(C)Cc1cc(O)ccc1O. The first-order valence-electron chi connectivity index (χ1n) is 9.28. The van der Waals surface area contributed by atoms with Crippen LogP contribution in [0.3, 0.4) is 0 Å². The Bertz CT molecular complexity index is 581. The molecular weight excluding hydrogens is 284 g/mol. The Hall–Kier alpha value is -1.18. The molecule has 3 rings (SSSR count). The predicted molar refractivity (Wildman–Crippen MR) is 94.6 cm³/mol. The van der Waals surface area contributed by atoms with Gasteiger partial charge in [0.15, 0.2) is 0 Å². The topological polar surface area (TPSA) is 40.5 Å². The number of phenols is 2. The molecule has 0 aromatic heterocycles. The summed E-state index contributed by atoms with van der Waals surface area (Å²) in [7, 11) is 0. The maximum absolute atomic E-state index is 10.3. The van der Waals surface area contributed by atoms with Crippen molar-refractivity contribution in [2.24, 2.45) is 28.6 Å². The maximum Gasteiger partial charge on any atom is 0.119 e. The summed E-state index contributed by atoms with van der Waals surface area (Å²) in [5.41, 5.74) is 1.51. The van der Waals surface area contributed by atoms with Crippen molar-refractivity contribution in [1.29, 1.82) is 0 Å². The van der Waals surface area contributed by atoms with Crippen LogP contribution in [0, 0.1) is 28.6 Å². The van der Waals surface area contributed by atoms with Gasteiger partial charge in [-0.3, -0.25) is 0 Å². The van der Waals surface area contributed by atoms with E-state index in [1.807, 2.05) is 0 Å². The van der Waals surface area contributed by atoms with Crippen LogP contribution in [-0.4, -0.2) is 10.2 Å². The quantitative estimate of drug-likeness (QED) is 0.705. The van der Waals surface area contributed by atoms with Gasteiger partial charge in [0.2, 0.25) is 0 Å². The van der Waals surface area contributed by atoms with Crippen molar-refractivity contribution < 1.29 is 10.2 Å². The van der Waals surface area contributed by atoms with Crippen LogP contribution in [0.15, 0.2) is 18.2 Å². The van der Waals surface area contributed by atoms with Gasteiger partial charge in [-0.1, -0.05) is 40.5 Å². The van der Waals surface area contributed by atoms with Crippen molar-refractivity contribution in [3.8, 4) is 11.5 Å². The van der Waals surface area contributed by atoms with Crippen LogP contribution in [0.5, 0.6) is 11.5 Å². The van der Waals surface area contributed by atoms with Crippen LogP contribution in [0.2, 0.25) is 0 Å². The van der Waals surface area contributed by atoms with Crippen molar-refractivity contribution in [2.75, 3.05) is 0 Å². The van der Waals surface area contributed by atoms with Gasteiger partial charge in [0.05, 0.1) is 0 Å². The molecule has 2 saturated carbocycles. The van der Waals surface area contributed by atoms with Gasteiger partial charge in [0, 0.05) is 0 Å². The minimum atomic E-state index is 0.187. The molecule has 1 aromatic carbocycles. The summed E-state index contributed by atoms with van der Waals surface area (Å²) >= 11 is 0. The van der Waals surface area contributed by atoms with Gasteiger partial charge in [0.1, 0.15) is 11.5 Å². The highest BCUT2D eigenvalue weighted by molar-refractivity contribution is 5.39. The van der Waals surface area contributed by atoms with Crippen LogP contribution in [-0.2, 0) is 6.42 Å². The van der Waals surface area contributed by atoms with Gasteiger partial charge < -0.3 is 10.2 Å². The van der Waals surface area contributed by atoms with Gasteiger partial charge in [-0.2, -0.15) is 0 Å². The molecule has 2 fully saturated rings. The lowest BCUT2D eigenvalue weighted by Gasteiger charge is -2.60. The van der Waals surface area contributed by atoms with Gasteiger partial charge in [-0.15, -0.1) is 0 Å². The molecule has 2 aliphatic rings. The average molecular weight is 316 g/mol. The van der Waals surface area contributed by atoms with E-state index in [2.05, 4.69) is 27.7 Å². The molecule has 0 radical (unpaired) electrons. The fourth-order valence-corrected chi connectivity index (χ4v) is 5.76. The van der Waals surface area contributed by atoms with Crippen molar-refractivity contribution >= 4 is 0 Å². The van der Waals surface area contributed by atoms with Crippen molar-refractivity contribution in [3.05, 3.63) is 23.8 Å². The molecule has 23 heavy (non-hydrogen) atoms. The second-order valence-corrected chi connectivity index (χ2v) is 8.83. The third-order valence-electron chi connectivity index (χ3n) is 7.72. The van der Waals surface area contributed by atoms with E-state index in [1.165, 1.54) is 32.1 Å². The zero-order valence-electron chi connectivity index (χ0n) is 15.1. The Balaban J connectivity index is 1.98. The number of benzene rings is 1. The fraction of sp³-hybridized carbons (Fsp3) is 0.714. The van der Waals surface area contributed by atoms with E-state index < -0.39 is 0 Å². The lowest BCUT2D eigenvalue weighted by molar-refractivity contribution is -0.104. The molecule has 5 atom stereocenters. The highest BCUT2D eigenvalue weighted by Crippen LogP contribution is 2.62. The predicted octanol–water partition coefficient (Wildman–Crippen LogP) is 5.52. The summed E-state index contributed by atoms with van der Waals surface area (Å²) in [6.45, 7) is 9.77. The molecule has 128 valence electrons. The second-order valence-electron chi connectivity index (χ2n) is 8.83. The standard InChI is InChI=1S/C21H32O2/c1-14-6-5-7-19-20(14,3)11-10-15(2)21(19,4)13-16-12-17(22)8-9-18(16)23/h8-9,12,14-15,19,22-23H,5-7,10-11,13H2,1-4H3/t14-,15-,19+,20+,21+/m0/s1. The molecule has 0 heterocycles. The van der Waals surface area contributed by atoms with Crippen LogP contribution in [0.1, 0.15) is 65.4 Å². The number of phenolic OH excluding ortho intramolecular Hbond substituents is 2. The number of hydrogen-bond donors (Lipinski definition) is 2. The lowest BCUT2D eigenvalue weighted by atomic mass is 9.45. The van der Waals surface area contributed by atoms with E-state index in [0.717, 1.165) is 17.9 Å². The summed E-state index contributed by atoms with van der Waals surface area (Å²) in [6.07, 6.45) is 7.46. The summed E-state index contributed by atoms with van der Waals surface area (Å²) in [4.78, 5) is 0. The highest BCUT2D eigenvalue weighted by atomic mass is 16.3. The molecule has 0 unspecified atom stereocenters. The molecular formula is C21H32O2. The zero-order chi connectivity index (χ0) is 16.8. The smallest absolute Gasteiger partial charge is 0.119 e. The first-order chi connectivity index (χ1) is 10.8. The van der Waals surface area contributed by atoms with Crippen LogP contribution in [0.25, 0.3) is 0 Å². The molecule has 2 nitrogen and oxygen atoms in total. The Morgan fingerprint density at radius 3 is 2.52 bits per heavy atom. The second kappa shape index (κ2) is 5.72. The molecule has 2 heteroatoms. The van der Waals surface area contributed by atoms with Crippen molar-refractivity contribution in [3.63, 3.8) is 0 Å². The molecule has 2 aliphatic carbocycles. The highest BCUT2D eigenvalue weighted by Gasteiger charge is 2.54. The molecule has 0 spiro atoms. The molecule has 2 N–H and O–H groups in total. The van der Waals surface area contributed by atoms with E-state index >= 15 is 0 Å². The third kappa shape index (κ3) is 2.64. The van der Waals surface area contributed by atoms with E-state index in [0.29, 0.717) is 23.0 Å². The molecule has 1 aromatic rings. The van der Waals surface area contributed by atoms with Crippen LogP contribution >= 0.6 is 0 Å². The monoisotopic (exact) mass is 316 g/mol. The first kappa shape index (κ1) is 16.7. The summed E-state index contributed by atoms with van der Waals surface area (Å²) in [5.74, 6) is 2.71. The normalized spacial score (nSPS) is 40.6. The molecule has 0 amide bonds. The Morgan fingerprint density at radius 2 is 1.78 bits per heavy atom. The molecule has 0 aliphatic heterocycles. The summed E-state index contributed by atoms with van der Waals surface area (Å²) in [6, 6.07) is 4.95. The number of hydrogen-bond acceptors (Lipinski definition) is 2. The Morgan fingerprint density at radius 1 is 1.04 bits per heavy atom. The maximum atomic E-state index is 10.3. The zero-order valence-corrected chi connectivity index (χ0v) is 15.1. The van der Waals surface area contributed by atoms with Crippen LogP contribution < -0.4 is 0 Å². The summed E-state index contributed by atoms with van der Waals surface area (Å²) in [5, 5.41) is 20.1. The van der Waals surface area contributed by atoms with E-state index in [1.54, 1.807) is 18.2 Å². The fourth-order valence-electron chi connectivity index (χ4n) is 5.76. The first-order valence-corrected chi connectivity index (χ1v) is 9.28. The molecule has 0 saturated heterocycles. The minimum Gasteiger partial charge on any atom is -0.508 e. The van der Waals surface area contributed by atoms with Gasteiger partial charge in [-0.25, -0.2) is 0 Å². The number of fused-ring (bicyclic) bond motifs is 1. The number of rotatable bonds is 2. The van der Waals surface area contributed by atoms with Crippen molar-refractivity contribution in [1.82, 2.24) is 0 Å². The van der Waals surface area contributed by atoms with Gasteiger partial charge in [0.25, 0.3) is 0 Å². The lowest BCUT2D eigenvalue weighted by Crippen LogP contribution is -2.53. The minimum absolute atomic E-state index is 0.187. The molecule has 0 bridgehead atoms. The van der Waals surface area contributed by atoms with Crippen LogP contribution in [0.4, 0.5) is 0 Å². The van der Waals surface area contributed by atoms with E-state index in [4.69, 9.17) is 0 Å². The average Bonchev–Trinajstić information content (AvgIpc) is 2.50. The van der Waals surface area contributed by atoms with Gasteiger partial charge in [-0.05, 0) is 78.0 Å². The van der Waals surface area contributed by atoms with Crippen molar-refractivity contribution in [2.45, 2.75) is 66.2 Å². The number of aromatic hydroxyl groups is 2. The van der Waals surface area contributed by atoms with E-state index in [9.17, 15) is 10.2 Å². The Labute approximate surface area is 140 Å². The Kier molecular flexibility index (Phi) is 4.14.